The molecule has 2 heterocycles. The minimum atomic E-state index is -0.248. The van der Waals surface area contributed by atoms with Gasteiger partial charge in [-0.1, -0.05) is 52.3 Å². The lowest BCUT2D eigenvalue weighted by Gasteiger charge is -2.33. The van der Waals surface area contributed by atoms with Crippen molar-refractivity contribution in [2.75, 3.05) is 31.1 Å². The minimum absolute atomic E-state index is 0.0237. The molecular formula is C24H27BrN2O3. The van der Waals surface area contributed by atoms with Crippen molar-refractivity contribution in [1.29, 1.82) is 0 Å². The molecule has 0 N–H and O–H groups in total. The first-order chi connectivity index (χ1) is 14.6. The minimum Gasteiger partial charge on any atom is -0.376 e. The van der Waals surface area contributed by atoms with Crippen LogP contribution in [0.25, 0.3) is 0 Å². The van der Waals surface area contributed by atoms with Crippen molar-refractivity contribution in [3.8, 4) is 0 Å². The molecule has 1 atom stereocenters. The second-order valence-corrected chi connectivity index (χ2v) is 9.07. The third-order valence-electron chi connectivity index (χ3n) is 5.99. The number of nitrogens with zero attached hydrogens (tertiary/aromatic N) is 2. The zero-order chi connectivity index (χ0) is 20.9. The molecule has 0 aromatic heterocycles. The molecule has 2 amide bonds. The van der Waals surface area contributed by atoms with Crippen molar-refractivity contribution in [2.45, 2.75) is 25.9 Å². The van der Waals surface area contributed by atoms with Gasteiger partial charge in [0.25, 0.3) is 0 Å². The number of ether oxygens (including phenoxy) is 1. The van der Waals surface area contributed by atoms with Crippen LogP contribution in [0, 0.1) is 11.8 Å². The van der Waals surface area contributed by atoms with Crippen LogP contribution >= 0.6 is 15.9 Å². The first kappa shape index (κ1) is 21.1. The van der Waals surface area contributed by atoms with Gasteiger partial charge in [-0.25, -0.2) is 0 Å². The molecule has 0 radical (unpaired) electrons. The van der Waals surface area contributed by atoms with Crippen molar-refractivity contribution in [3.05, 3.63) is 64.6 Å². The number of likely N-dealkylation sites (tertiary alicyclic amines) is 1. The summed E-state index contributed by atoms with van der Waals surface area (Å²) in [5.74, 6) is 0.378. The third kappa shape index (κ3) is 5.10. The van der Waals surface area contributed by atoms with Gasteiger partial charge in [-0.15, -0.1) is 0 Å². The van der Waals surface area contributed by atoms with Crippen LogP contribution in [0.2, 0.25) is 0 Å². The van der Waals surface area contributed by atoms with Crippen LogP contribution in [0.1, 0.15) is 24.8 Å². The molecule has 5 nitrogen and oxygen atoms in total. The Labute approximate surface area is 186 Å². The molecule has 30 heavy (non-hydrogen) atoms. The maximum Gasteiger partial charge on any atom is 0.228 e. The number of anilines is 1. The largest absolute Gasteiger partial charge is 0.376 e. The summed E-state index contributed by atoms with van der Waals surface area (Å²) >= 11 is 3.45. The summed E-state index contributed by atoms with van der Waals surface area (Å²) in [7, 11) is 0. The van der Waals surface area contributed by atoms with E-state index in [1.165, 1.54) is 5.56 Å². The van der Waals surface area contributed by atoms with E-state index in [9.17, 15) is 9.59 Å². The monoisotopic (exact) mass is 470 g/mol. The first-order valence-corrected chi connectivity index (χ1v) is 11.4. The van der Waals surface area contributed by atoms with Crippen LogP contribution < -0.4 is 4.90 Å². The lowest BCUT2D eigenvalue weighted by molar-refractivity contribution is -0.137. The topological polar surface area (TPSA) is 49.9 Å². The van der Waals surface area contributed by atoms with Crippen molar-refractivity contribution in [1.82, 2.24) is 4.90 Å². The summed E-state index contributed by atoms with van der Waals surface area (Å²) in [6, 6.07) is 17.9. The molecule has 1 unspecified atom stereocenters. The summed E-state index contributed by atoms with van der Waals surface area (Å²) < 4.78 is 6.81. The third-order valence-corrected chi connectivity index (χ3v) is 6.48. The van der Waals surface area contributed by atoms with Crippen LogP contribution in [0.4, 0.5) is 5.69 Å². The molecular weight excluding hydrogens is 444 g/mol. The number of carbonyl (C=O) groups excluding carboxylic acids is 2. The van der Waals surface area contributed by atoms with Gasteiger partial charge in [0.15, 0.2) is 0 Å². The molecule has 0 saturated carbocycles. The van der Waals surface area contributed by atoms with E-state index in [2.05, 4.69) is 28.1 Å². The Balaban J connectivity index is 1.24. The normalized spacial score (nSPS) is 20.0. The van der Waals surface area contributed by atoms with Crippen LogP contribution in [0.5, 0.6) is 0 Å². The van der Waals surface area contributed by atoms with Crippen molar-refractivity contribution in [2.24, 2.45) is 11.8 Å². The van der Waals surface area contributed by atoms with Crippen LogP contribution in [0.3, 0.4) is 0 Å². The fourth-order valence-electron chi connectivity index (χ4n) is 4.26. The lowest BCUT2D eigenvalue weighted by atomic mass is 9.96. The molecule has 2 saturated heterocycles. The molecule has 2 aliphatic rings. The van der Waals surface area contributed by atoms with Gasteiger partial charge in [0.05, 0.1) is 12.5 Å². The van der Waals surface area contributed by atoms with E-state index in [-0.39, 0.29) is 17.7 Å². The first-order valence-electron chi connectivity index (χ1n) is 10.6. The van der Waals surface area contributed by atoms with Crippen LogP contribution in [0.15, 0.2) is 59.1 Å². The van der Waals surface area contributed by atoms with Gasteiger partial charge in [-0.2, -0.15) is 0 Å². The van der Waals surface area contributed by atoms with Crippen molar-refractivity contribution >= 4 is 33.4 Å². The van der Waals surface area contributed by atoms with Crippen LogP contribution in [-0.2, 0) is 20.9 Å². The maximum atomic E-state index is 13.0. The Morgan fingerprint density at radius 2 is 1.83 bits per heavy atom. The van der Waals surface area contributed by atoms with E-state index in [4.69, 9.17) is 4.74 Å². The smallest absolute Gasteiger partial charge is 0.228 e. The fraction of sp³-hybridized carbons (Fsp3) is 0.417. The van der Waals surface area contributed by atoms with Gasteiger partial charge >= 0.3 is 0 Å². The maximum absolute atomic E-state index is 13.0. The number of hydrogen-bond acceptors (Lipinski definition) is 3. The van der Waals surface area contributed by atoms with Gasteiger partial charge in [-0.3, -0.25) is 9.59 Å². The summed E-state index contributed by atoms with van der Waals surface area (Å²) in [5.41, 5.74) is 2.03. The van der Waals surface area contributed by atoms with Crippen LogP contribution in [-0.4, -0.2) is 43.0 Å². The summed E-state index contributed by atoms with van der Waals surface area (Å²) in [6.07, 6.45) is 2.21. The van der Waals surface area contributed by atoms with Gasteiger partial charge in [0.2, 0.25) is 11.8 Å². The molecule has 0 spiro atoms. The predicted molar refractivity (Wildman–Crippen MR) is 120 cm³/mol. The number of halogens is 1. The summed E-state index contributed by atoms with van der Waals surface area (Å²) in [4.78, 5) is 29.2. The highest BCUT2D eigenvalue weighted by atomic mass is 79.9. The molecule has 158 valence electrons. The molecule has 0 bridgehead atoms. The predicted octanol–water partition coefficient (Wildman–Crippen LogP) is 4.26. The molecule has 2 aromatic carbocycles. The lowest BCUT2D eigenvalue weighted by Crippen LogP contribution is -2.43. The number of hydrogen-bond donors (Lipinski definition) is 0. The number of benzene rings is 2. The van der Waals surface area contributed by atoms with E-state index in [0.29, 0.717) is 25.5 Å². The molecule has 2 fully saturated rings. The number of rotatable bonds is 6. The van der Waals surface area contributed by atoms with Crippen molar-refractivity contribution in [3.63, 3.8) is 0 Å². The number of amides is 2. The summed E-state index contributed by atoms with van der Waals surface area (Å²) in [6.45, 7) is 3.33. The summed E-state index contributed by atoms with van der Waals surface area (Å²) in [5, 5.41) is 0. The molecule has 4 rings (SSSR count). The highest BCUT2D eigenvalue weighted by Gasteiger charge is 2.38. The van der Waals surface area contributed by atoms with E-state index >= 15 is 0 Å². The SMILES string of the molecule is O=C(C1CC(=O)N(c2cccc(Br)c2)C1)N1CCC(COCc2ccccc2)CC1. The van der Waals surface area contributed by atoms with Gasteiger partial charge < -0.3 is 14.5 Å². The molecule has 0 aliphatic carbocycles. The average Bonchev–Trinajstić information content (AvgIpc) is 3.16. The van der Waals surface area contributed by atoms with Gasteiger partial charge in [-0.05, 0) is 42.5 Å². The Hall–Kier alpha value is -2.18. The fourth-order valence-corrected chi connectivity index (χ4v) is 4.65. The molecule has 2 aromatic rings. The molecule has 2 aliphatic heterocycles. The highest BCUT2D eigenvalue weighted by molar-refractivity contribution is 9.10. The van der Waals surface area contributed by atoms with Crippen molar-refractivity contribution < 1.29 is 14.3 Å². The zero-order valence-corrected chi connectivity index (χ0v) is 18.6. The highest BCUT2D eigenvalue weighted by Crippen LogP contribution is 2.29. The average molecular weight is 471 g/mol. The van der Waals surface area contributed by atoms with E-state index < -0.39 is 0 Å². The Bertz CT molecular complexity index is 881. The van der Waals surface area contributed by atoms with Gasteiger partial charge in [0.1, 0.15) is 0 Å². The van der Waals surface area contributed by atoms with E-state index in [1.54, 1.807) is 4.90 Å². The standard InChI is InChI=1S/C24H27BrN2O3/c25-21-7-4-8-22(14-21)27-15-20(13-23(27)28)24(29)26-11-9-19(10-12-26)17-30-16-18-5-2-1-3-6-18/h1-8,14,19-20H,9-13,15-17H2. The Morgan fingerprint density at radius 3 is 2.57 bits per heavy atom. The van der Waals surface area contributed by atoms with E-state index in [1.807, 2.05) is 47.4 Å². The number of carbonyl (C=O) groups is 2. The van der Waals surface area contributed by atoms with E-state index in [0.717, 1.165) is 42.7 Å². The second kappa shape index (κ2) is 9.75. The van der Waals surface area contributed by atoms with Gasteiger partial charge in [0, 0.05) is 42.8 Å². The second-order valence-electron chi connectivity index (χ2n) is 8.15. The zero-order valence-electron chi connectivity index (χ0n) is 17.0. The Kier molecular flexibility index (Phi) is 6.85. The molecule has 6 heteroatoms. The quantitative estimate of drug-likeness (QED) is 0.633. The number of piperidine rings is 1. The Morgan fingerprint density at radius 1 is 1.07 bits per heavy atom.